The molecule has 3 heterocycles. The Morgan fingerprint density at radius 1 is 1.17 bits per heavy atom. The molecule has 1 amide bonds. The van der Waals surface area contributed by atoms with Crippen LogP contribution >= 0.6 is 24.0 Å². The molecule has 3 aromatic rings. The first-order chi connectivity index (χ1) is 17.4. The minimum absolute atomic E-state index is 0.103. The number of anilines is 1. The lowest BCUT2D eigenvalue weighted by molar-refractivity contribution is -0.122. The van der Waals surface area contributed by atoms with E-state index in [0.717, 1.165) is 12.0 Å². The van der Waals surface area contributed by atoms with Crippen molar-refractivity contribution in [1.29, 1.82) is 0 Å². The molecule has 10 heteroatoms. The molecular weight excluding hydrogens is 496 g/mol. The van der Waals surface area contributed by atoms with Crippen LogP contribution in [0, 0.1) is 0 Å². The molecule has 0 saturated carbocycles. The third-order valence-electron chi connectivity index (χ3n) is 5.99. The molecule has 1 aromatic carbocycles. The third-order valence-corrected chi connectivity index (χ3v) is 7.36. The Morgan fingerprint density at radius 2 is 1.94 bits per heavy atom. The third kappa shape index (κ3) is 5.24. The number of hydrogen-bond acceptors (Lipinski definition) is 8. The van der Waals surface area contributed by atoms with E-state index < -0.39 is 0 Å². The highest BCUT2D eigenvalue weighted by atomic mass is 32.2. The fourth-order valence-electron chi connectivity index (χ4n) is 3.78. The normalized spacial score (nSPS) is 15.6. The number of pyridine rings is 1. The van der Waals surface area contributed by atoms with Gasteiger partial charge >= 0.3 is 0 Å². The van der Waals surface area contributed by atoms with Crippen LogP contribution in [0.1, 0.15) is 31.4 Å². The zero-order valence-corrected chi connectivity index (χ0v) is 22.2. The number of hydrogen-bond donors (Lipinski definition) is 1. The Kier molecular flexibility index (Phi) is 7.95. The van der Waals surface area contributed by atoms with Gasteiger partial charge in [0, 0.05) is 18.8 Å². The summed E-state index contributed by atoms with van der Waals surface area (Å²) >= 11 is 6.71. The second-order valence-corrected chi connectivity index (χ2v) is 10.0. The summed E-state index contributed by atoms with van der Waals surface area (Å²) in [4.78, 5) is 33.3. The van der Waals surface area contributed by atoms with E-state index >= 15 is 0 Å². The molecule has 0 bridgehead atoms. The number of methoxy groups -OCH3 is 2. The Balaban J connectivity index is 1.62. The SMILES string of the molecule is CCC(C)Nc1nc2ccccn2c(=O)c1C=C1SC(=S)N(CCc2ccc(OC)c(OC)c2)C1=O. The lowest BCUT2D eigenvalue weighted by atomic mass is 10.1. The first kappa shape index (κ1) is 25.7. The zero-order chi connectivity index (χ0) is 25.8. The Labute approximate surface area is 219 Å². The molecule has 1 saturated heterocycles. The minimum atomic E-state index is -0.248. The second kappa shape index (κ2) is 11.1. The number of carbonyl (C=O) groups excluding carboxylic acids is 1. The summed E-state index contributed by atoms with van der Waals surface area (Å²) in [6, 6.07) is 11.1. The van der Waals surface area contributed by atoms with Crippen molar-refractivity contribution in [3.05, 3.63) is 69.0 Å². The van der Waals surface area contributed by atoms with Crippen molar-refractivity contribution < 1.29 is 14.3 Å². The standard InChI is InChI=1S/C26H28N4O4S2/c1-5-16(2)27-23-18(24(31)29-12-7-6-8-22(29)28-23)15-21-25(32)30(26(35)36-21)13-11-17-9-10-19(33-3)20(14-17)34-4/h6-10,12,14-16,27H,5,11,13H2,1-4H3. The van der Waals surface area contributed by atoms with Gasteiger partial charge in [0.05, 0.1) is 24.7 Å². The number of benzene rings is 1. The molecule has 1 fully saturated rings. The molecule has 188 valence electrons. The number of fused-ring (bicyclic) bond motifs is 1. The molecule has 4 rings (SSSR count). The van der Waals surface area contributed by atoms with Gasteiger partial charge in [-0.3, -0.25) is 18.9 Å². The summed E-state index contributed by atoms with van der Waals surface area (Å²) in [7, 11) is 3.17. The highest BCUT2D eigenvalue weighted by Gasteiger charge is 2.32. The van der Waals surface area contributed by atoms with Crippen LogP contribution in [0.15, 0.2) is 52.3 Å². The van der Waals surface area contributed by atoms with Crippen LogP contribution < -0.4 is 20.3 Å². The quantitative estimate of drug-likeness (QED) is 0.326. The van der Waals surface area contributed by atoms with Crippen molar-refractivity contribution in [3.8, 4) is 11.5 Å². The van der Waals surface area contributed by atoms with Crippen LogP contribution in [-0.4, -0.2) is 51.3 Å². The van der Waals surface area contributed by atoms with Gasteiger partial charge < -0.3 is 14.8 Å². The van der Waals surface area contributed by atoms with Crippen molar-refractivity contribution in [2.45, 2.75) is 32.7 Å². The van der Waals surface area contributed by atoms with E-state index in [0.29, 0.717) is 50.7 Å². The zero-order valence-electron chi connectivity index (χ0n) is 20.6. The fraction of sp³-hybridized carbons (Fsp3) is 0.308. The summed E-state index contributed by atoms with van der Waals surface area (Å²) in [5.41, 5.74) is 1.61. The van der Waals surface area contributed by atoms with E-state index in [2.05, 4.69) is 17.2 Å². The van der Waals surface area contributed by atoms with Gasteiger partial charge in [-0.05, 0) is 55.7 Å². The number of carbonyl (C=O) groups is 1. The largest absolute Gasteiger partial charge is 0.493 e. The van der Waals surface area contributed by atoms with E-state index in [1.165, 1.54) is 16.2 Å². The van der Waals surface area contributed by atoms with Crippen LogP contribution in [-0.2, 0) is 11.2 Å². The van der Waals surface area contributed by atoms with Crippen LogP contribution in [0.3, 0.4) is 0 Å². The molecule has 2 aromatic heterocycles. The summed E-state index contributed by atoms with van der Waals surface area (Å²) in [6.45, 7) is 4.48. The number of nitrogens with zero attached hydrogens (tertiary/aromatic N) is 3. The van der Waals surface area contributed by atoms with E-state index in [1.807, 2.05) is 31.2 Å². The number of aromatic nitrogens is 2. The van der Waals surface area contributed by atoms with Gasteiger partial charge in [-0.15, -0.1) is 0 Å². The maximum absolute atomic E-state index is 13.3. The highest BCUT2D eigenvalue weighted by molar-refractivity contribution is 8.26. The smallest absolute Gasteiger partial charge is 0.267 e. The summed E-state index contributed by atoms with van der Waals surface area (Å²) in [5, 5.41) is 3.31. The molecule has 1 unspecified atom stereocenters. The molecule has 0 aliphatic carbocycles. The average Bonchev–Trinajstić information content (AvgIpc) is 3.16. The molecule has 8 nitrogen and oxygen atoms in total. The first-order valence-corrected chi connectivity index (χ1v) is 12.8. The van der Waals surface area contributed by atoms with E-state index in [-0.39, 0.29) is 17.5 Å². The second-order valence-electron chi connectivity index (χ2n) is 8.33. The molecule has 1 aliphatic rings. The van der Waals surface area contributed by atoms with Gasteiger partial charge in [0.1, 0.15) is 15.8 Å². The molecule has 36 heavy (non-hydrogen) atoms. The number of thiocarbonyl (C=S) groups is 1. The molecule has 1 aliphatic heterocycles. The first-order valence-electron chi connectivity index (χ1n) is 11.6. The molecule has 1 atom stereocenters. The van der Waals surface area contributed by atoms with Gasteiger partial charge in [-0.1, -0.05) is 43.0 Å². The van der Waals surface area contributed by atoms with Crippen LogP contribution in [0.2, 0.25) is 0 Å². The van der Waals surface area contributed by atoms with Crippen molar-refractivity contribution in [3.63, 3.8) is 0 Å². The fourth-order valence-corrected chi connectivity index (χ4v) is 5.07. The molecule has 0 radical (unpaired) electrons. The lowest BCUT2D eigenvalue weighted by Crippen LogP contribution is -2.30. The predicted octanol–water partition coefficient (Wildman–Crippen LogP) is 4.37. The highest BCUT2D eigenvalue weighted by Crippen LogP contribution is 2.34. The topological polar surface area (TPSA) is 85.2 Å². The van der Waals surface area contributed by atoms with Crippen molar-refractivity contribution in [1.82, 2.24) is 14.3 Å². The number of amides is 1. The lowest BCUT2D eigenvalue weighted by Gasteiger charge is -2.16. The van der Waals surface area contributed by atoms with Gasteiger partial charge in [0.25, 0.3) is 11.5 Å². The summed E-state index contributed by atoms with van der Waals surface area (Å²) in [6.07, 6.45) is 4.72. The van der Waals surface area contributed by atoms with Crippen molar-refractivity contribution in [2.24, 2.45) is 0 Å². The number of rotatable bonds is 9. The Hall–Kier alpha value is -3.37. The molecular formula is C26H28N4O4S2. The predicted molar refractivity (Wildman–Crippen MR) is 148 cm³/mol. The van der Waals surface area contributed by atoms with Gasteiger partial charge in [0.2, 0.25) is 0 Å². The minimum Gasteiger partial charge on any atom is -0.493 e. The van der Waals surface area contributed by atoms with Gasteiger partial charge in [-0.2, -0.15) is 0 Å². The summed E-state index contributed by atoms with van der Waals surface area (Å²) in [5.74, 6) is 1.51. The summed E-state index contributed by atoms with van der Waals surface area (Å²) < 4.78 is 12.6. The number of ether oxygens (including phenoxy) is 2. The average molecular weight is 525 g/mol. The van der Waals surface area contributed by atoms with E-state index in [4.69, 9.17) is 21.7 Å². The number of nitrogens with one attached hydrogen (secondary N) is 1. The maximum Gasteiger partial charge on any atom is 0.267 e. The molecule has 0 spiro atoms. The number of thioether (sulfide) groups is 1. The maximum atomic E-state index is 13.3. The van der Waals surface area contributed by atoms with Gasteiger partial charge in [-0.25, -0.2) is 4.98 Å². The van der Waals surface area contributed by atoms with Gasteiger partial charge in [0.15, 0.2) is 11.5 Å². The van der Waals surface area contributed by atoms with E-state index in [9.17, 15) is 9.59 Å². The molecule has 1 N–H and O–H groups in total. The van der Waals surface area contributed by atoms with Crippen LogP contribution in [0.25, 0.3) is 11.7 Å². The Bertz CT molecular complexity index is 1400. The monoisotopic (exact) mass is 524 g/mol. The van der Waals surface area contributed by atoms with E-state index in [1.54, 1.807) is 43.5 Å². The Morgan fingerprint density at radius 3 is 2.67 bits per heavy atom. The van der Waals surface area contributed by atoms with Crippen LogP contribution in [0.5, 0.6) is 11.5 Å². The van der Waals surface area contributed by atoms with Crippen molar-refractivity contribution in [2.75, 3.05) is 26.1 Å². The van der Waals surface area contributed by atoms with Crippen molar-refractivity contribution >= 4 is 51.7 Å². The van der Waals surface area contributed by atoms with Crippen LogP contribution in [0.4, 0.5) is 5.82 Å².